The Kier molecular flexibility index (Phi) is 7.63. The van der Waals surface area contributed by atoms with Crippen molar-refractivity contribution >= 4 is 11.8 Å². The number of nitrogens with zero attached hydrogens (tertiary/aromatic N) is 4. The van der Waals surface area contributed by atoms with Crippen molar-refractivity contribution in [3.8, 4) is 5.75 Å². The molecule has 7 nitrogen and oxygen atoms in total. The third-order valence-electron chi connectivity index (χ3n) is 4.60. The van der Waals surface area contributed by atoms with Gasteiger partial charge in [0, 0.05) is 38.9 Å². The molecule has 1 aliphatic heterocycles. The third-order valence-corrected chi connectivity index (χ3v) is 4.60. The van der Waals surface area contributed by atoms with Crippen LogP contribution in [0.1, 0.15) is 6.92 Å². The Bertz CT molecular complexity index is 764. The lowest BCUT2D eigenvalue weighted by Crippen LogP contribution is -2.53. The van der Waals surface area contributed by atoms with E-state index in [1.54, 1.807) is 0 Å². The van der Waals surface area contributed by atoms with Crippen LogP contribution in [0.15, 0.2) is 53.7 Å². The molecule has 1 aliphatic rings. The second-order valence-electron chi connectivity index (χ2n) is 6.78. The summed E-state index contributed by atoms with van der Waals surface area (Å²) in [6.07, 6.45) is 1.06. The molecule has 1 unspecified atom stereocenters. The van der Waals surface area contributed by atoms with E-state index in [-0.39, 0.29) is 19.0 Å². The number of halogens is 1. The molecule has 2 aromatic rings. The first kappa shape index (κ1) is 20.9. The molecular weight excluding hydrogens is 373 g/mol. The molecule has 1 fully saturated rings. The zero-order valence-corrected chi connectivity index (χ0v) is 16.7. The summed E-state index contributed by atoms with van der Waals surface area (Å²) in [6, 6.07) is 11.7. The summed E-state index contributed by atoms with van der Waals surface area (Å²) in [5.41, 5.74) is 0. The van der Waals surface area contributed by atoms with Gasteiger partial charge in [-0.2, -0.15) is 0 Å². The maximum atomic E-state index is 12.9. The Morgan fingerprint density at radius 2 is 1.97 bits per heavy atom. The van der Waals surface area contributed by atoms with Crippen LogP contribution in [0.2, 0.25) is 0 Å². The molecule has 2 heterocycles. The number of anilines is 1. The number of piperazine rings is 1. The zero-order chi connectivity index (χ0) is 20.5. The SMILES string of the molecule is CCNC(=NCC(O)COc1ccc(F)cc1)N1CCN(c2ccccn2)CC1. The van der Waals surface area contributed by atoms with Gasteiger partial charge in [-0.1, -0.05) is 6.07 Å². The number of aliphatic imine (C=N–C) groups is 1. The number of aliphatic hydroxyl groups excluding tert-OH is 1. The summed E-state index contributed by atoms with van der Waals surface area (Å²) in [4.78, 5) is 13.4. The Morgan fingerprint density at radius 1 is 1.21 bits per heavy atom. The Hall–Kier alpha value is -2.87. The molecule has 0 amide bonds. The van der Waals surface area contributed by atoms with E-state index < -0.39 is 6.10 Å². The highest BCUT2D eigenvalue weighted by Gasteiger charge is 2.20. The lowest BCUT2D eigenvalue weighted by Gasteiger charge is -2.37. The minimum atomic E-state index is -0.747. The van der Waals surface area contributed by atoms with Crippen molar-refractivity contribution in [2.75, 3.05) is 50.8 Å². The first-order valence-corrected chi connectivity index (χ1v) is 9.91. The van der Waals surface area contributed by atoms with Crippen molar-refractivity contribution in [1.82, 2.24) is 15.2 Å². The van der Waals surface area contributed by atoms with Gasteiger partial charge < -0.3 is 25.0 Å². The number of hydrogen-bond acceptors (Lipinski definition) is 5. The fraction of sp³-hybridized carbons (Fsp3) is 0.429. The minimum Gasteiger partial charge on any atom is -0.491 e. The lowest BCUT2D eigenvalue weighted by atomic mass is 10.3. The molecule has 0 saturated carbocycles. The maximum Gasteiger partial charge on any atom is 0.194 e. The number of nitrogens with one attached hydrogen (secondary N) is 1. The van der Waals surface area contributed by atoms with Gasteiger partial charge in [-0.15, -0.1) is 0 Å². The molecule has 3 rings (SSSR count). The molecule has 1 aromatic heterocycles. The van der Waals surface area contributed by atoms with Crippen molar-refractivity contribution in [3.05, 3.63) is 54.5 Å². The average Bonchev–Trinajstić information content (AvgIpc) is 2.77. The first-order chi connectivity index (χ1) is 14.2. The summed E-state index contributed by atoms with van der Waals surface area (Å²) in [5.74, 6) is 1.98. The second kappa shape index (κ2) is 10.6. The number of aliphatic hydroxyl groups is 1. The van der Waals surface area contributed by atoms with E-state index in [1.165, 1.54) is 24.3 Å². The van der Waals surface area contributed by atoms with Gasteiger partial charge in [0.25, 0.3) is 0 Å². The molecule has 0 spiro atoms. The highest BCUT2D eigenvalue weighted by atomic mass is 19.1. The Balaban J connectivity index is 1.49. The standard InChI is InChI=1S/C21H28FN5O2/c1-2-23-21(25-15-18(28)16-29-19-8-6-17(22)7-9-19)27-13-11-26(12-14-27)20-5-3-4-10-24-20/h3-10,18,28H,2,11-16H2,1H3,(H,23,25). The topological polar surface area (TPSA) is 73.2 Å². The van der Waals surface area contributed by atoms with Gasteiger partial charge in [0.15, 0.2) is 5.96 Å². The summed E-state index contributed by atoms with van der Waals surface area (Å²) in [6.45, 7) is 6.46. The van der Waals surface area contributed by atoms with Gasteiger partial charge in [-0.3, -0.25) is 4.99 Å². The summed E-state index contributed by atoms with van der Waals surface area (Å²) < 4.78 is 18.4. The Morgan fingerprint density at radius 3 is 2.62 bits per heavy atom. The van der Waals surface area contributed by atoms with Gasteiger partial charge in [0.05, 0.1) is 6.54 Å². The molecule has 0 aliphatic carbocycles. The normalized spacial score (nSPS) is 15.9. The van der Waals surface area contributed by atoms with Crippen LogP contribution in [0.5, 0.6) is 5.75 Å². The van der Waals surface area contributed by atoms with Crippen LogP contribution in [-0.2, 0) is 0 Å². The van der Waals surface area contributed by atoms with Gasteiger partial charge >= 0.3 is 0 Å². The molecule has 8 heteroatoms. The number of ether oxygens (including phenoxy) is 1. The number of hydrogen-bond donors (Lipinski definition) is 2. The molecule has 2 N–H and O–H groups in total. The highest BCUT2D eigenvalue weighted by molar-refractivity contribution is 5.80. The van der Waals surface area contributed by atoms with Crippen LogP contribution < -0.4 is 15.0 Å². The Labute approximate surface area is 170 Å². The zero-order valence-electron chi connectivity index (χ0n) is 16.7. The van der Waals surface area contributed by atoms with E-state index in [1.807, 2.05) is 31.3 Å². The van der Waals surface area contributed by atoms with E-state index in [0.29, 0.717) is 5.75 Å². The first-order valence-electron chi connectivity index (χ1n) is 9.91. The smallest absolute Gasteiger partial charge is 0.194 e. The maximum absolute atomic E-state index is 12.9. The fourth-order valence-corrected chi connectivity index (χ4v) is 3.08. The van der Waals surface area contributed by atoms with Crippen LogP contribution in [-0.4, -0.2) is 72.9 Å². The number of rotatable bonds is 7. The number of pyridine rings is 1. The predicted molar refractivity (Wildman–Crippen MR) is 112 cm³/mol. The molecule has 1 aromatic carbocycles. The highest BCUT2D eigenvalue weighted by Crippen LogP contribution is 2.13. The average molecular weight is 401 g/mol. The second-order valence-corrected chi connectivity index (χ2v) is 6.78. The summed E-state index contributed by atoms with van der Waals surface area (Å²) >= 11 is 0. The van der Waals surface area contributed by atoms with E-state index in [0.717, 1.165) is 44.5 Å². The molecule has 0 radical (unpaired) electrons. The van der Waals surface area contributed by atoms with Gasteiger partial charge in [0.1, 0.15) is 30.1 Å². The van der Waals surface area contributed by atoms with Gasteiger partial charge in [-0.05, 0) is 43.3 Å². The molecule has 29 heavy (non-hydrogen) atoms. The fourth-order valence-electron chi connectivity index (χ4n) is 3.08. The molecule has 1 saturated heterocycles. The van der Waals surface area contributed by atoms with Crippen LogP contribution in [0.25, 0.3) is 0 Å². The van der Waals surface area contributed by atoms with E-state index >= 15 is 0 Å². The van der Waals surface area contributed by atoms with Crippen molar-refractivity contribution < 1.29 is 14.2 Å². The minimum absolute atomic E-state index is 0.0992. The van der Waals surface area contributed by atoms with Crippen molar-refractivity contribution in [3.63, 3.8) is 0 Å². The van der Waals surface area contributed by atoms with Crippen LogP contribution in [0, 0.1) is 5.82 Å². The quantitative estimate of drug-likeness (QED) is 0.544. The molecule has 1 atom stereocenters. The van der Waals surface area contributed by atoms with Crippen LogP contribution >= 0.6 is 0 Å². The van der Waals surface area contributed by atoms with Crippen molar-refractivity contribution in [2.45, 2.75) is 13.0 Å². The van der Waals surface area contributed by atoms with Crippen LogP contribution in [0.3, 0.4) is 0 Å². The lowest BCUT2D eigenvalue weighted by molar-refractivity contribution is 0.114. The summed E-state index contributed by atoms with van der Waals surface area (Å²) in [5, 5.41) is 13.5. The number of guanidine groups is 1. The van der Waals surface area contributed by atoms with Gasteiger partial charge in [0.2, 0.25) is 0 Å². The van der Waals surface area contributed by atoms with E-state index in [2.05, 4.69) is 25.1 Å². The molecular formula is C21H28FN5O2. The van der Waals surface area contributed by atoms with E-state index in [4.69, 9.17) is 4.74 Å². The third kappa shape index (κ3) is 6.32. The number of aromatic nitrogens is 1. The van der Waals surface area contributed by atoms with Crippen molar-refractivity contribution in [1.29, 1.82) is 0 Å². The summed E-state index contributed by atoms with van der Waals surface area (Å²) in [7, 11) is 0. The largest absolute Gasteiger partial charge is 0.491 e. The predicted octanol–water partition coefficient (Wildman–Crippen LogP) is 1.75. The number of benzene rings is 1. The van der Waals surface area contributed by atoms with E-state index in [9.17, 15) is 9.50 Å². The molecule has 156 valence electrons. The van der Waals surface area contributed by atoms with Crippen molar-refractivity contribution in [2.24, 2.45) is 4.99 Å². The monoisotopic (exact) mass is 401 g/mol. The van der Waals surface area contributed by atoms with Crippen LogP contribution in [0.4, 0.5) is 10.2 Å². The van der Waals surface area contributed by atoms with Gasteiger partial charge in [-0.25, -0.2) is 9.37 Å². The molecule has 0 bridgehead atoms.